The Labute approximate surface area is 101 Å². The van der Waals surface area contributed by atoms with Gasteiger partial charge in [0, 0.05) is 17.3 Å². The first-order valence-corrected chi connectivity index (χ1v) is 6.78. The zero-order valence-corrected chi connectivity index (χ0v) is 11.0. The molecule has 0 amide bonds. The average molecular weight is 247 g/mol. The van der Waals surface area contributed by atoms with Crippen LogP contribution in [-0.4, -0.2) is 17.4 Å². The third kappa shape index (κ3) is 4.96. The molecule has 0 radical (unpaired) electrons. The Bertz CT molecular complexity index is 267. The molecular weight excluding hydrogens is 228 g/mol. The molecule has 1 N–H and O–H groups in total. The van der Waals surface area contributed by atoms with Gasteiger partial charge in [-0.25, -0.2) is 4.98 Å². The molecule has 0 aliphatic rings. The number of aryl methyl sites for hydroxylation is 2. The summed E-state index contributed by atoms with van der Waals surface area (Å²) in [5, 5.41) is 4.60. The lowest BCUT2D eigenvalue weighted by Gasteiger charge is -2.01. The van der Waals surface area contributed by atoms with E-state index in [1.807, 2.05) is 0 Å². The molecule has 0 aliphatic heterocycles. The highest BCUT2D eigenvalue weighted by molar-refractivity contribution is 7.11. The zero-order valence-electron chi connectivity index (χ0n) is 9.48. The number of alkyl halides is 1. The molecule has 4 heteroatoms. The summed E-state index contributed by atoms with van der Waals surface area (Å²) < 4.78 is 0. The highest BCUT2D eigenvalue weighted by Gasteiger charge is 2.02. The molecule has 2 nitrogen and oxygen atoms in total. The summed E-state index contributed by atoms with van der Waals surface area (Å²) in [6.45, 7) is 6.15. The van der Waals surface area contributed by atoms with E-state index >= 15 is 0 Å². The van der Waals surface area contributed by atoms with Crippen molar-refractivity contribution in [2.24, 2.45) is 0 Å². The summed E-state index contributed by atoms with van der Waals surface area (Å²) in [6, 6.07) is 0. The number of halogens is 1. The van der Waals surface area contributed by atoms with E-state index in [0.717, 1.165) is 25.4 Å². The van der Waals surface area contributed by atoms with Crippen LogP contribution in [0.25, 0.3) is 0 Å². The number of nitrogens with zero attached hydrogens (tertiary/aromatic N) is 1. The standard InChI is InChI=1S/C11H19ClN2S/c1-9-10(2)15-11(14-9)8-13-7-5-3-4-6-12/h13H,3-8H2,1-2H3. The van der Waals surface area contributed by atoms with Crippen molar-refractivity contribution in [3.8, 4) is 0 Å². The van der Waals surface area contributed by atoms with E-state index in [1.54, 1.807) is 11.3 Å². The maximum absolute atomic E-state index is 5.60. The van der Waals surface area contributed by atoms with Crippen LogP contribution in [0, 0.1) is 13.8 Å². The maximum Gasteiger partial charge on any atom is 0.107 e. The first-order valence-electron chi connectivity index (χ1n) is 5.43. The maximum atomic E-state index is 5.60. The van der Waals surface area contributed by atoms with Gasteiger partial charge in [-0.05, 0) is 33.2 Å². The summed E-state index contributed by atoms with van der Waals surface area (Å²) in [5.41, 5.74) is 1.17. The van der Waals surface area contributed by atoms with Crippen LogP contribution in [0.2, 0.25) is 0 Å². The van der Waals surface area contributed by atoms with Crippen LogP contribution in [0.3, 0.4) is 0 Å². The molecule has 0 fully saturated rings. The number of hydrogen-bond acceptors (Lipinski definition) is 3. The van der Waals surface area contributed by atoms with Crippen molar-refractivity contribution in [1.29, 1.82) is 0 Å². The topological polar surface area (TPSA) is 24.9 Å². The molecule has 0 unspecified atom stereocenters. The molecule has 0 saturated heterocycles. The van der Waals surface area contributed by atoms with E-state index < -0.39 is 0 Å². The predicted octanol–water partition coefficient (Wildman–Crippen LogP) is 3.26. The van der Waals surface area contributed by atoms with Crippen molar-refractivity contribution in [1.82, 2.24) is 10.3 Å². The third-order valence-electron chi connectivity index (χ3n) is 2.34. The molecule has 15 heavy (non-hydrogen) atoms. The minimum absolute atomic E-state index is 0.783. The summed E-state index contributed by atoms with van der Waals surface area (Å²) in [5.74, 6) is 0.783. The van der Waals surface area contributed by atoms with Crippen molar-refractivity contribution >= 4 is 22.9 Å². The Morgan fingerprint density at radius 1 is 1.27 bits per heavy atom. The SMILES string of the molecule is Cc1nc(CNCCCCCCl)sc1C. The lowest BCUT2D eigenvalue weighted by molar-refractivity contribution is 0.616. The lowest BCUT2D eigenvalue weighted by Crippen LogP contribution is -2.14. The average Bonchev–Trinajstić information content (AvgIpc) is 2.52. The summed E-state index contributed by atoms with van der Waals surface area (Å²) >= 11 is 7.39. The fraction of sp³-hybridized carbons (Fsp3) is 0.727. The van der Waals surface area contributed by atoms with E-state index in [9.17, 15) is 0 Å². The summed E-state index contributed by atoms with van der Waals surface area (Å²) in [7, 11) is 0. The van der Waals surface area contributed by atoms with Gasteiger partial charge in [-0.1, -0.05) is 6.42 Å². The van der Waals surface area contributed by atoms with Gasteiger partial charge in [0.2, 0.25) is 0 Å². The second-order valence-electron chi connectivity index (χ2n) is 3.68. The molecule has 1 aromatic heterocycles. The van der Waals surface area contributed by atoms with Gasteiger partial charge in [0.15, 0.2) is 0 Å². The van der Waals surface area contributed by atoms with Gasteiger partial charge in [-0.15, -0.1) is 22.9 Å². The van der Waals surface area contributed by atoms with E-state index in [2.05, 4.69) is 24.1 Å². The quantitative estimate of drug-likeness (QED) is 0.590. The summed E-state index contributed by atoms with van der Waals surface area (Å²) in [4.78, 5) is 5.81. The first-order chi connectivity index (χ1) is 7.24. The Hall–Kier alpha value is -0.120. The van der Waals surface area contributed by atoms with Gasteiger partial charge in [-0.2, -0.15) is 0 Å². The molecule has 1 heterocycles. The van der Waals surface area contributed by atoms with Crippen LogP contribution in [0.1, 0.15) is 34.8 Å². The van der Waals surface area contributed by atoms with Gasteiger partial charge < -0.3 is 5.32 Å². The van der Waals surface area contributed by atoms with Crippen molar-refractivity contribution in [2.45, 2.75) is 39.7 Å². The minimum Gasteiger partial charge on any atom is -0.310 e. The molecular formula is C11H19ClN2S. The van der Waals surface area contributed by atoms with Crippen LogP contribution < -0.4 is 5.32 Å². The Balaban J connectivity index is 2.10. The highest BCUT2D eigenvalue weighted by Crippen LogP contribution is 2.15. The number of thiazole rings is 1. The minimum atomic E-state index is 0.783. The van der Waals surface area contributed by atoms with Gasteiger partial charge in [-0.3, -0.25) is 0 Å². The zero-order chi connectivity index (χ0) is 11.1. The fourth-order valence-electron chi connectivity index (χ4n) is 1.33. The molecule has 0 spiro atoms. The van der Waals surface area contributed by atoms with Crippen LogP contribution in [-0.2, 0) is 6.54 Å². The Morgan fingerprint density at radius 3 is 2.67 bits per heavy atom. The van der Waals surface area contributed by atoms with Crippen LogP contribution in [0.4, 0.5) is 0 Å². The fourth-order valence-corrected chi connectivity index (χ4v) is 2.42. The monoisotopic (exact) mass is 246 g/mol. The van der Waals surface area contributed by atoms with Gasteiger partial charge in [0.05, 0.1) is 5.69 Å². The number of hydrogen-bond donors (Lipinski definition) is 1. The van der Waals surface area contributed by atoms with Gasteiger partial charge in [0.1, 0.15) is 5.01 Å². The van der Waals surface area contributed by atoms with E-state index in [0.29, 0.717) is 0 Å². The van der Waals surface area contributed by atoms with Crippen LogP contribution in [0.15, 0.2) is 0 Å². The van der Waals surface area contributed by atoms with Gasteiger partial charge in [0.25, 0.3) is 0 Å². The van der Waals surface area contributed by atoms with Crippen molar-refractivity contribution in [3.63, 3.8) is 0 Å². The van der Waals surface area contributed by atoms with E-state index in [1.165, 1.54) is 28.4 Å². The molecule has 0 bridgehead atoms. The van der Waals surface area contributed by atoms with Gasteiger partial charge >= 0.3 is 0 Å². The number of aromatic nitrogens is 1. The molecule has 0 saturated carbocycles. The van der Waals surface area contributed by atoms with Crippen LogP contribution in [0.5, 0.6) is 0 Å². The van der Waals surface area contributed by atoms with E-state index in [4.69, 9.17) is 11.6 Å². The van der Waals surface area contributed by atoms with Crippen molar-refractivity contribution in [2.75, 3.05) is 12.4 Å². The molecule has 0 aromatic carbocycles. The largest absolute Gasteiger partial charge is 0.310 e. The second-order valence-corrected chi connectivity index (χ2v) is 5.34. The van der Waals surface area contributed by atoms with E-state index in [-0.39, 0.29) is 0 Å². The molecule has 1 rings (SSSR count). The number of rotatable bonds is 7. The molecule has 86 valence electrons. The normalized spacial score (nSPS) is 10.9. The number of nitrogens with one attached hydrogen (secondary N) is 1. The predicted molar refractivity (Wildman–Crippen MR) is 67.9 cm³/mol. The smallest absolute Gasteiger partial charge is 0.107 e. The van der Waals surface area contributed by atoms with Crippen LogP contribution >= 0.6 is 22.9 Å². The number of unbranched alkanes of at least 4 members (excludes halogenated alkanes) is 2. The van der Waals surface area contributed by atoms with Crippen molar-refractivity contribution < 1.29 is 0 Å². The second kappa shape index (κ2) is 7.20. The molecule has 1 aromatic rings. The summed E-state index contributed by atoms with van der Waals surface area (Å²) in [6.07, 6.45) is 3.54. The highest BCUT2D eigenvalue weighted by atomic mass is 35.5. The molecule has 0 atom stereocenters. The Morgan fingerprint density at radius 2 is 2.07 bits per heavy atom. The lowest BCUT2D eigenvalue weighted by atomic mass is 10.2. The first kappa shape index (κ1) is 12.9. The van der Waals surface area contributed by atoms with Crippen molar-refractivity contribution in [3.05, 3.63) is 15.6 Å². The Kier molecular flexibility index (Phi) is 6.22. The third-order valence-corrected chi connectivity index (χ3v) is 3.68. The molecule has 0 aliphatic carbocycles.